The minimum atomic E-state index is -0.248. The summed E-state index contributed by atoms with van der Waals surface area (Å²) < 4.78 is 0. The minimum Gasteiger partial charge on any atom is -0.362 e. The molecule has 0 aliphatic carbocycles. The molecule has 0 aromatic carbocycles. The third-order valence-corrected chi connectivity index (χ3v) is 1.56. The Labute approximate surface area is 74.9 Å². The van der Waals surface area contributed by atoms with Crippen molar-refractivity contribution in [1.82, 2.24) is 10.5 Å². The predicted molar refractivity (Wildman–Crippen MR) is 55.6 cm³/mol. The summed E-state index contributed by atoms with van der Waals surface area (Å²) >= 11 is 3.62. The molecule has 0 fully saturated rings. The molecule has 1 unspecified atom stereocenters. The van der Waals surface area contributed by atoms with Crippen LogP contribution in [-0.2, 0) is 0 Å². The molecule has 0 saturated heterocycles. The van der Waals surface area contributed by atoms with Gasteiger partial charge in [0.15, 0.2) is 7.98 Å². The van der Waals surface area contributed by atoms with E-state index < -0.39 is 0 Å². The van der Waals surface area contributed by atoms with E-state index in [2.05, 4.69) is 23.2 Å². The molecule has 0 bridgehead atoms. The van der Waals surface area contributed by atoms with Gasteiger partial charge in [0.05, 0.1) is 0 Å². The van der Waals surface area contributed by atoms with Crippen molar-refractivity contribution in [3.8, 4) is 0 Å². The number of nitrogens with one attached hydrogen (secondary N) is 2. The molecule has 0 aromatic heterocycles. The molecule has 0 aliphatic heterocycles. The number of carbonyl (C=O) groups is 1. The smallest absolute Gasteiger partial charge is 0.275 e. The highest BCUT2D eigenvalue weighted by atomic mass is 32.1. The fourth-order valence-corrected chi connectivity index (χ4v) is 1.09. The third kappa shape index (κ3) is 7.81. The Balaban J connectivity index is 3.22. The van der Waals surface area contributed by atoms with Crippen molar-refractivity contribution in [2.45, 2.75) is 18.8 Å². The van der Waals surface area contributed by atoms with Crippen LogP contribution in [0.1, 0.15) is 12.8 Å². The van der Waals surface area contributed by atoms with Crippen LogP contribution < -0.4 is 10.5 Å². The molecular formula is C5H14B2N2OS. The highest BCUT2D eigenvalue weighted by Gasteiger charge is 2.01. The van der Waals surface area contributed by atoms with Gasteiger partial charge < -0.3 is 10.5 Å². The van der Waals surface area contributed by atoms with Crippen molar-refractivity contribution in [1.29, 1.82) is 0 Å². The van der Waals surface area contributed by atoms with E-state index >= 15 is 0 Å². The Morgan fingerprint density at radius 1 is 1.64 bits per heavy atom. The molecule has 62 valence electrons. The summed E-state index contributed by atoms with van der Waals surface area (Å²) in [6.07, 6.45) is 2.07. The van der Waals surface area contributed by atoms with Crippen LogP contribution in [0, 0.1) is 0 Å². The second-order valence-corrected chi connectivity index (χ2v) is 3.00. The molecule has 1 amide bonds. The van der Waals surface area contributed by atoms with E-state index in [0.29, 0.717) is 0 Å². The van der Waals surface area contributed by atoms with Gasteiger partial charge in [0.25, 0.3) is 5.24 Å². The maximum absolute atomic E-state index is 10.4. The van der Waals surface area contributed by atoms with Crippen molar-refractivity contribution in [2.75, 3.05) is 6.54 Å². The zero-order chi connectivity index (χ0) is 8.69. The Hall–Kier alpha value is -0.0901. The average molecular weight is 172 g/mol. The Morgan fingerprint density at radius 3 is 2.73 bits per heavy atom. The molecule has 0 saturated carbocycles. The number of rotatable bonds is 5. The van der Waals surface area contributed by atoms with Crippen molar-refractivity contribution in [3.63, 3.8) is 0 Å². The molecule has 0 spiro atoms. The van der Waals surface area contributed by atoms with E-state index in [9.17, 15) is 4.79 Å². The molecule has 11 heavy (non-hydrogen) atoms. The molecule has 0 heterocycles. The van der Waals surface area contributed by atoms with Gasteiger partial charge in [0.2, 0.25) is 0 Å². The van der Waals surface area contributed by atoms with Gasteiger partial charge in [0, 0.05) is 0 Å². The van der Waals surface area contributed by atoms with Crippen molar-refractivity contribution >= 4 is 33.7 Å². The van der Waals surface area contributed by atoms with Crippen molar-refractivity contribution in [3.05, 3.63) is 0 Å². The molecule has 6 heteroatoms. The number of amides is 1. The number of carbonyl (C=O) groups excluding carboxylic acids is 1. The van der Waals surface area contributed by atoms with E-state index in [-0.39, 0.29) is 11.2 Å². The predicted octanol–water partition coefficient (Wildman–Crippen LogP) is -1.50. The summed E-state index contributed by atoms with van der Waals surface area (Å²) in [4.78, 5) is 10.4. The zero-order valence-electron chi connectivity index (χ0n) is 7.05. The Morgan fingerprint density at radius 2 is 2.27 bits per heavy atom. The van der Waals surface area contributed by atoms with E-state index in [1.54, 1.807) is 0 Å². The van der Waals surface area contributed by atoms with Crippen LogP contribution >= 0.6 is 12.6 Å². The first-order valence-electron chi connectivity index (χ1n) is 3.81. The summed E-state index contributed by atoms with van der Waals surface area (Å²) in [6, 6.07) is 0. The van der Waals surface area contributed by atoms with Gasteiger partial charge in [-0.2, -0.15) is 0 Å². The second kappa shape index (κ2) is 6.61. The summed E-state index contributed by atoms with van der Waals surface area (Å²) in [7, 11) is 3.89. The molecule has 0 radical (unpaired) electrons. The van der Waals surface area contributed by atoms with Gasteiger partial charge in [-0.1, -0.05) is 12.6 Å². The number of hydrogen-bond donors (Lipinski definition) is 3. The molecular weight excluding hydrogens is 158 g/mol. The van der Waals surface area contributed by atoms with Crippen LogP contribution in [0.2, 0.25) is 0 Å². The quantitative estimate of drug-likeness (QED) is 0.268. The second-order valence-electron chi connectivity index (χ2n) is 2.60. The molecule has 1 atom stereocenters. The van der Waals surface area contributed by atoms with E-state index in [1.165, 1.54) is 0 Å². The van der Waals surface area contributed by atoms with Crippen LogP contribution in [0.25, 0.3) is 0 Å². The monoisotopic (exact) mass is 172 g/mol. The van der Waals surface area contributed by atoms with Crippen LogP contribution in [-0.4, -0.2) is 33.6 Å². The van der Waals surface area contributed by atoms with Crippen molar-refractivity contribution in [2.24, 2.45) is 0 Å². The van der Waals surface area contributed by atoms with Gasteiger partial charge >= 0.3 is 0 Å². The lowest BCUT2D eigenvalue weighted by molar-refractivity contribution is 0.260. The van der Waals surface area contributed by atoms with E-state index in [0.717, 1.165) is 19.4 Å². The van der Waals surface area contributed by atoms with Crippen molar-refractivity contribution < 1.29 is 4.79 Å². The topological polar surface area (TPSA) is 41.1 Å². The zero-order valence-corrected chi connectivity index (χ0v) is 7.95. The lowest BCUT2D eigenvalue weighted by Gasteiger charge is -2.10. The summed E-state index contributed by atoms with van der Waals surface area (Å²) in [5, 5.41) is 5.50. The number of thiol groups is 1. The minimum absolute atomic E-state index is 0.230. The maximum atomic E-state index is 10.4. The Bertz CT molecular complexity index is 125. The first-order chi connectivity index (χ1) is 5.16. The van der Waals surface area contributed by atoms with Crippen LogP contribution in [0.5, 0.6) is 0 Å². The maximum Gasteiger partial charge on any atom is 0.275 e. The first-order valence-corrected chi connectivity index (χ1v) is 4.25. The third-order valence-electron chi connectivity index (χ3n) is 1.43. The SMILES string of the molecule is BNCCCC(B)NC(=O)S. The highest BCUT2D eigenvalue weighted by molar-refractivity contribution is 7.96. The lowest BCUT2D eigenvalue weighted by Crippen LogP contribution is -2.32. The molecule has 0 aromatic rings. The summed E-state index contributed by atoms with van der Waals surface area (Å²) in [6.45, 7) is 0.993. The fourth-order valence-electron chi connectivity index (χ4n) is 0.868. The fraction of sp³-hybridized carbons (Fsp3) is 0.800. The van der Waals surface area contributed by atoms with E-state index in [4.69, 9.17) is 0 Å². The Kier molecular flexibility index (Phi) is 6.56. The molecule has 2 N–H and O–H groups in total. The van der Waals surface area contributed by atoms with Crippen LogP contribution in [0.15, 0.2) is 0 Å². The lowest BCUT2D eigenvalue weighted by atomic mass is 9.92. The molecule has 0 aliphatic rings. The summed E-state index contributed by atoms with van der Waals surface area (Å²) in [5.74, 6) is 0.230. The highest BCUT2D eigenvalue weighted by Crippen LogP contribution is 1.92. The van der Waals surface area contributed by atoms with Gasteiger partial charge in [-0.15, -0.1) is 0 Å². The van der Waals surface area contributed by atoms with Gasteiger partial charge in [-0.3, -0.25) is 4.79 Å². The van der Waals surface area contributed by atoms with Gasteiger partial charge in [-0.05, 0) is 25.3 Å². The van der Waals surface area contributed by atoms with Crippen LogP contribution in [0.4, 0.5) is 4.79 Å². The van der Waals surface area contributed by atoms with Gasteiger partial charge in [0.1, 0.15) is 7.85 Å². The molecule has 3 nitrogen and oxygen atoms in total. The van der Waals surface area contributed by atoms with Gasteiger partial charge in [-0.25, -0.2) is 0 Å². The molecule has 0 rings (SSSR count). The normalized spacial score (nSPS) is 12.5. The van der Waals surface area contributed by atoms with Crippen LogP contribution in [0.3, 0.4) is 0 Å². The average Bonchev–Trinajstić information content (AvgIpc) is 1.86. The first kappa shape index (κ1) is 10.9. The number of hydrogen-bond acceptors (Lipinski definition) is 2. The van der Waals surface area contributed by atoms with E-state index in [1.807, 2.05) is 15.8 Å². The summed E-state index contributed by atoms with van der Waals surface area (Å²) in [5.41, 5.74) is 0. The largest absolute Gasteiger partial charge is 0.362 e. The standard InChI is InChI=1S/C5H14B2N2OS/c6-4(9-5(10)11)2-1-3-8-7/h4,8H,1-3,6-7H2,(H2,9,10,11).